The van der Waals surface area contributed by atoms with Gasteiger partial charge in [0.2, 0.25) is 10.0 Å². The Kier molecular flexibility index (Phi) is 7.42. The van der Waals surface area contributed by atoms with Crippen LogP contribution in [0.25, 0.3) is 0 Å². The van der Waals surface area contributed by atoms with Crippen LogP contribution < -0.4 is 15.1 Å². The first-order chi connectivity index (χ1) is 16.3. The van der Waals surface area contributed by atoms with Crippen molar-refractivity contribution in [2.75, 3.05) is 56.6 Å². The van der Waals surface area contributed by atoms with Gasteiger partial charge in [0.05, 0.1) is 10.5 Å². The molecule has 0 bridgehead atoms. The average Bonchev–Trinajstić information content (AvgIpc) is 3.32. The first kappa shape index (κ1) is 24.5. The van der Waals surface area contributed by atoms with E-state index in [1.165, 1.54) is 32.3 Å². The van der Waals surface area contributed by atoms with E-state index in [1.54, 1.807) is 24.3 Å². The van der Waals surface area contributed by atoms with Crippen LogP contribution in [-0.4, -0.2) is 65.4 Å². The van der Waals surface area contributed by atoms with E-state index in [1.807, 2.05) is 0 Å². The number of carbonyl (C=O) groups excluding carboxylic acids is 1. The Morgan fingerprint density at radius 3 is 2.41 bits per heavy atom. The van der Waals surface area contributed by atoms with E-state index >= 15 is 0 Å². The van der Waals surface area contributed by atoms with Gasteiger partial charge in [-0.05, 0) is 74.1 Å². The number of hydrogen-bond donors (Lipinski definition) is 1. The maximum Gasteiger partial charge on any atom is 0.253 e. The highest BCUT2D eigenvalue weighted by Crippen LogP contribution is 2.28. The van der Waals surface area contributed by atoms with Gasteiger partial charge in [-0.3, -0.25) is 4.79 Å². The van der Waals surface area contributed by atoms with Crippen molar-refractivity contribution in [3.63, 3.8) is 0 Å². The molecular weight excluding hydrogens is 455 g/mol. The fourth-order valence-corrected chi connectivity index (χ4v) is 5.63. The molecule has 2 aromatic rings. The molecule has 2 aliphatic rings. The molecule has 0 aliphatic carbocycles. The van der Waals surface area contributed by atoms with Gasteiger partial charge in [0.15, 0.2) is 0 Å². The van der Waals surface area contributed by atoms with Crippen molar-refractivity contribution in [3.05, 3.63) is 53.8 Å². The van der Waals surface area contributed by atoms with Crippen LogP contribution in [0.4, 0.5) is 15.8 Å². The number of rotatable bonds is 7. The summed E-state index contributed by atoms with van der Waals surface area (Å²) in [5.74, 6) is -0.243. The summed E-state index contributed by atoms with van der Waals surface area (Å²) in [5.41, 5.74) is 2.16. The molecule has 1 N–H and O–H groups in total. The van der Waals surface area contributed by atoms with Crippen LogP contribution in [0.15, 0.2) is 47.4 Å². The number of nitrogens with one attached hydrogen (secondary N) is 1. The molecule has 1 unspecified atom stereocenters. The number of benzene rings is 2. The van der Waals surface area contributed by atoms with Crippen LogP contribution in [0.1, 0.15) is 36.0 Å². The summed E-state index contributed by atoms with van der Waals surface area (Å²) in [7, 11) is -0.677. The van der Waals surface area contributed by atoms with Gasteiger partial charge >= 0.3 is 0 Å². The zero-order valence-corrected chi connectivity index (χ0v) is 20.7. The van der Waals surface area contributed by atoms with E-state index < -0.39 is 10.0 Å². The van der Waals surface area contributed by atoms with E-state index in [0.29, 0.717) is 12.1 Å². The Hall–Kier alpha value is -2.65. The molecule has 4 rings (SSSR count). The molecule has 9 heteroatoms. The quantitative estimate of drug-likeness (QED) is 0.647. The topological polar surface area (TPSA) is 73.0 Å². The summed E-state index contributed by atoms with van der Waals surface area (Å²) in [4.78, 5) is 17.8. The second-order valence-electron chi connectivity index (χ2n) is 9.30. The second kappa shape index (κ2) is 10.3. The first-order valence-electron chi connectivity index (χ1n) is 11.9. The van der Waals surface area contributed by atoms with Crippen molar-refractivity contribution >= 4 is 27.3 Å². The Morgan fingerprint density at radius 1 is 1.03 bits per heavy atom. The van der Waals surface area contributed by atoms with Crippen LogP contribution in [0.3, 0.4) is 0 Å². The number of sulfonamides is 1. The molecule has 184 valence electrons. The van der Waals surface area contributed by atoms with Gasteiger partial charge in [-0.25, -0.2) is 17.1 Å². The van der Waals surface area contributed by atoms with Gasteiger partial charge < -0.3 is 15.1 Å². The van der Waals surface area contributed by atoms with Crippen LogP contribution in [0, 0.1) is 11.7 Å². The molecule has 34 heavy (non-hydrogen) atoms. The van der Waals surface area contributed by atoms with Crippen molar-refractivity contribution in [2.24, 2.45) is 5.92 Å². The Morgan fingerprint density at radius 2 is 1.74 bits per heavy atom. The van der Waals surface area contributed by atoms with Gasteiger partial charge in [-0.1, -0.05) is 0 Å². The highest BCUT2D eigenvalue weighted by atomic mass is 32.2. The molecule has 2 aliphatic heterocycles. The number of amides is 1. The second-order valence-corrected chi connectivity index (χ2v) is 11.5. The molecule has 2 fully saturated rings. The molecule has 0 radical (unpaired) electrons. The summed E-state index contributed by atoms with van der Waals surface area (Å²) < 4.78 is 39.8. The summed E-state index contributed by atoms with van der Waals surface area (Å²) in [6.45, 7) is 3.84. The van der Waals surface area contributed by atoms with E-state index in [0.717, 1.165) is 67.5 Å². The third kappa shape index (κ3) is 5.36. The van der Waals surface area contributed by atoms with E-state index in [4.69, 9.17) is 0 Å². The predicted molar refractivity (Wildman–Crippen MR) is 132 cm³/mol. The number of hydrogen-bond acceptors (Lipinski definition) is 5. The molecule has 2 saturated heterocycles. The van der Waals surface area contributed by atoms with E-state index in [-0.39, 0.29) is 22.5 Å². The Balaban J connectivity index is 1.49. The minimum Gasteiger partial charge on any atom is -0.371 e. The van der Waals surface area contributed by atoms with Crippen LogP contribution in [0.5, 0.6) is 0 Å². The smallest absolute Gasteiger partial charge is 0.253 e. The largest absolute Gasteiger partial charge is 0.371 e. The number of piperidine rings is 1. The van der Waals surface area contributed by atoms with Gasteiger partial charge in [0.1, 0.15) is 5.82 Å². The van der Waals surface area contributed by atoms with Crippen molar-refractivity contribution in [1.29, 1.82) is 0 Å². The van der Waals surface area contributed by atoms with Gasteiger partial charge in [0.25, 0.3) is 5.91 Å². The van der Waals surface area contributed by atoms with Crippen LogP contribution in [-0.2, 0) is 10.0 Å². The minimum atomic E-state index is -3.65. The molecule has 2 aromatic carbocycles. The van der Waals surface area contributed by atoms with Crippen molar-refractivity contribution in [3.8, 4) is 0 Å². The standard InChI is InChI=1S/C25H33FN4O3S/c1-28(2)34(32,33)22-10-11-24(29-13-4-3-5-14-29)23(16-22)25(31)27-17-19-12-15-30(18-19)21-8-6-20(26)7-9-21/h6-11,16,19H,3-5,12-15,17-18H2,1-2H3,(H,27,31). The maximum absolute atomic E-state index is 13.3. The van der Waals surface area contributed by atoms with Crippen molar-refractivity contribution in [2.45, 2.75) is 30.6 Å². The minimum absolute atomic E-state index is 0.117. The summed E-state index contributed by atoms with van der Waals surface area (Å²) >= 11 is 0. The molecular formula is C25H33FN4O3S. The fourth-order valence-electron chi connectivity index (χ4n) is 4.70. The number of halogens is 1. The van der Waals surface area contributed by atoms with Gasteiger partial charge in [-0.2, -0.15) is 0 Å². The molecule has 0 aromatic heterocycles. The molecule has 1 amide bonds. The van der Waals surface area contributed by atoms with E-state index in [9.17, 15) is 17.6 Å². The number of carbonyl (C=O) groups is 1. The normalized spacial score (nSPS) is 19.0. The lowest BCUT2D eigenvalue weighted by atomic mass is 10.1. The lowest BCUT2D eigenvalue weighted by molar-refractivity contribution is 0.0948. The van der Waals surface area contributed by atoms with Crippen LogP contribution in [0.2, 0.25) is 0 Å². The zero-order valence-electron chi connectivity index (χ0n) is 19.8. The lowest BCUT2D eigenvalue weighted by Gasteiger charge is -2.30. The van der Waals surface area contributed by atoms with Crippen LogP contribution >= 0.6 is 0 Å². The van der Waals surface area contributed by atoms with Gasteiger partial charge in [-0.15, -0.1) is 0 Å². The summed E-state index contributed by atoms with van der Waals surface area (Å²) in [6.07, 6.45) is 4.20. The van der Waals surface area contributed by atoms with Crippen molar-refractivity contribution in [1.82, 2.24) is 9.62 Å². The number of anilines is 2. The van der Waals surface area contributed by atoms with Crippen molar-refractivity contribution < 1.29 is 17.6 Å². The zero-order chi connectivity index (χ0) is 24.3. The fraction of sp³-hybridized carbons (Fsp3) is 0.480. The average molecular weight is 489 g/mol. The molecule has 1 atom stereocenters. The molecule has 7 nitrogen and oxygen atoms in total. The first-order valence-corrected chi connectivity index (χ1v) is 13.3. The highest BCUT2D eigenvalue weighted by molar-refractivity contribution is 7.89. The predicted octanol–water partition coefficient (Wildman–Crippen LogP) is 3.32. The molecule has 0 saturated carbocycles. The maximum atomic E-state index is 13.3. The lowest BCUT2D eigenvalue weighted by Crippen LogP contribution is -2.35. The summed E-state index contributed by atoms with van der Waals surface area (Å²) in [5, 5.41) is 3.05. The van der Waals surface area contributed by atoms with Gasteiger partial charge in [0, 0.05) is 58.2 Å². The number of nitrogens with zero attached hydrogens (tertiary/aromatic N) is 3. The third-order valence-corrected chi connectivity index (χ3v) is 8.53. The third-order valence-electron chi connectivity index (χ3n) is 6.72. The molecule has 0 spiro atoms. The monoisotopic (exact) mass is 488 g/mol. The Labute approximate surface area is 201 Å². The Bertz CT molecular complexity index is 1120. The highest BCUT2D eigenvalue weighted by Gasteiger charge is 2.26. The molecule has 2 heterocycles. The van der Waals surface area contributed by atoms with E-state index in [2.05, 4.69) is 15.1 Å². The SMILES string of the molecule is CN(C)S(=O)(=O)c1ccc(N2CCCCC2)c(C(=O)NCC2CCN(c3ccc(F)cc3)C2)c1. The summed E-state index contributed by atoms with van der Waals surface area (Å²) in [6, 6.07) is 11.3.